The molecule has 1 fully saturated rings. The highest BCUT2D eigenvalue weighted by atomic mass is 35.5. The van der Waals surface area contributed by atoms with Gasteiger partial charge in [0.1, 0.15) is 5.82 Å². The number of anilines is 2. The highest BCUT2D eigenvalue weighted by Crippen LogP contribution is 2.38. The van der Waals surface area contributed by atoms with E-state index in [1.807, 2.05) is 6.07 Å². The van der Waals surface area contributed by atoms with E-state index in [4.69, 9.17) is 17.3 Å². The van der Waals surface area contributed by atoms with E-state index in [1.54, 1.807) is 49.5 Å². The van der Waals surface area contributed by atoms with Crippen molar-refractivity contribution in [1.82, 2.24) is 14.8 Å². The second kappa shape index (κ2) is 6.51. The number of aromatic nitrogens is 3. The molecular formula is C19H16ClN5O2. The average molecular weight is 382 g/mol. The number of benzene rings is 1. The standard InChI is InChI=1S/C19H16ClN5O2/c1-11-17(18(21)25(23-11)15-4-2-3-9-22-15)14-10-16(26)24(19(14)27)13-7-5-12(20)6-8-13/h2-9,14H,10,21H2,1H3/t14-/m1/s1. The van der Waals surface area contributed by atoms with Crippen molar-refractivity contribution in [3.05, 3.63) is 64.9 Å². The summed E-state index contributed by atoms with van der Waals surface area (Å²) in [6, 6.07) is 12.0. The van der Waals surface area contributed by atoms with E-state index in [0.29, 0.717) is 33.6 Å². The minimum absolute atomic E-state index is 0.0421. The van der Waals surface area contributed by atoms with E-state index in [1.165, 1.54) is 9.58 Å². The quantitative estimate of drug-likeness (QED) is 0.704. The van der Waals surface area contributed by atoms with Gasteiger partial charge in [0.2, 0.25) is 11.8 Å². The third-order valence-electron chi connectivity index (χ3n) is 4.59. The number of hydrogen-bond donors (Lipinski definition) is 1. The molecule has 1 saturated heterocycles. The molecule has 1 aromatic carbocycles. The number of carbonyl (C=O) groups excluding carboxylic acids is 2. The fourth-order valence-corrected chi connectivity index (χ4v) is 3.49. The summed E-state index contributed by atoms with van der Waals surface area (Å²) in [5.74, 6) is -0.411. The van der Waals surface area contributed by atoms with Crippen LogP contribution in [0.4, 0.5) is 11.5 Å². The number of halogens is 1. The van der Waals surface area contributed by atoms with Gasteiger partial charge in [0.05, 0.1) is 17.3 Å². The molecule has 0 aliphatic carbocycles. The van der Waals surface area contributed by atoms with Gasteiger partial charge in [-0.3, -0.25) is 14.5 Å². The summed E-state index contributed by atoms with van der Waals surface area (Å²) >= 11 is 5.90. The van der Waals surface area contributed by atoms with Crippen molar-refractivity contribution in [2.24, 2.45) is 0 Å². The first-order valence-electron chi connectivity index (χ1n) is 8.36. The van der Waals surface area contributed by atoms with E-state index in [0.717, 1.165) is 0 Å². The van der Waals surface area contributed by atoms with E-state index >= 15 is 0 Å². The molecule has 1 atom stereocenters. The Morgan fingerprint density at radius 2 is 1.89 bits per heavy atom. The first-order valence-corrected chi connectivity index (χ1v) is 8.74. The maximum atomic E-state index is 13.0. The number of amides is 2. The first kappa shape index (κ1) is 17.2. The maximum Gasteiger partial charge on any atom is 0.242 e. The van der Waals surface area contributed by atoms with Crippen molar-refractivity contribution >= 4 is 34.9 Å². The molecule has 0 bridgehead atoms. The molecular weight excluding hydrogens is 366 g/mol. The van der Waals surface area contributed by atoms with Crippen LogP contribution in [-0.4, -0.2) is 26.6 Å². The molecule has 0 unspecified atom stereocenters. The van der Waals surface area contributed by atoms with Crippen LogP contribution < -0.4 is 10.6 Å². The number of imide groups is 1. The number of pyridine rings is 1. The lowest BCUT2D eigenvalue weighted by Gasteiger charge is -2.15. The zero-order valence-electron chi connectivity index (χ0n) is 14.5. The number of rotatable bonds is 3. The number of hydrogen-bond acceptors (Lipinski definition) is 5. The Kier molecular flexibility index (Phi) is 4.16. The molecule has 8 heteroatoms. The van der Waals surface area contributed by atoms with Crippen LogP contribution in [0.1, 0.15) is 23.6 Å². The van der Waals surface area contributed by atoms with Gasteiger partial charge < -0.3 is 5.73 Å². The number of nitrogen functional groups attached to an aromatic ring is 1. The normalized spacial score (nSPS) is 17.0. The van der Waals surface area contributed by atoms with Gasteiger partial charge in [-0.25, -0.2) is 4.98 Å². The molecule has 1 aliphatic heterocycles. The molecule has 1 aliphatic rings. The number of nitrogens with two attached hydrogens (primary N) is 1. The van der Waals surface area contributed by atoms with Gasteiger partial charge in [-0.05, 0) is 43.3 Å². The van der Waals surface area contributed by atoms with E-state index in [9.17, 15) is 9.59 Å². The van der Waals surface area contributed by atoms with E-state index in [2.05, 4.69) is 10.1 Å². The van der Waals surface area contributed by atoms with E-state index in [-0.39, 0.29) is 18.2 Å². The highest BCUT2D eigenvalue weighted by molar-refractivity contribution is 6.30. The van der Waals surface area contributed by atoms with Gasteiger partial charge in [-0.2, -0.15) is 9.78 Å². The minimum Gasteiger partial charge on any atom is -0.383 e. The van der Waals surface area contributed by atoms with Crippen LogP contribution in [0.5, 0.6) is 0 Å². The smallest absolute Gasteiger partial charge is 0.242 e. The van der Waals surface area contributed by atoms with Crippen molar-refractivity contribution in [3.63, 3.8) is 0 Å². The Hall–Kier alpha value is -3.19. The fourth-order valence-electron chi connectivity index (χ4n) is 3.36. The minimum atomic E-state index is -0.675. The summed E-state index contributed by atoms with van der Waals surface area (Å²) in [6.45, 7) is 1.77. The van der Waals surface area contributed by atoms with Crippen molar-refractivity contribution in [3.8, 4) is 5.82 Å². The lowest BCUT2D eigenvalue weighted by Crippen LogP contribution is -2.30. The third-order valence-corrected chi connectivity index (χ3v) is 4.84. The van der Waals surface area contributed by atoms with Crippen molar-refractivity contribution < 1.29 is 9.59 Å². The monoisotopic (exact) mass is 381 g/mol. The van der Waals surface area contributed by atoms with Gasteiger partial charge in [-0.1, -0.05) is 17.7 Å². The van der Waals surface area contributed by atoms with Gasteiger partial charge in [0.25, 0.3) is 0 Å². The van der Waals surface area contributed by atoms with Crippen LogP contribution in [-0.2, 0) is 9.59 Å². The van der Waals surface area contributed by atoms with Gasteiger partial charge in [-0.15, -0.1) is 0 Å². The van der Waals surface area contributed by atoms with Crippen LogP contribution >= 0.6 is 11.6 Å². The summed E-state index contributed by atoms with van der Waals surface area (Å²) in [7, 11) is 0. The zero-order valence-corrected chi connectivity index (χ0v) is 15.2. The predicted molar refractivity (Wildman–Crippen MR) is 102 cm³/mol. The van der Waals surface area contributed by atoms with E-state index < -0.39 is 5.92 Å². The second-order valence-electron chi connectivity index (χ2n) is 6.28. The molecule has 0 radical (unpaired) electrons. The summed E-state index contributed by atoms with van der Waals surface area (Å²) in [5.41, 5.74) is 7.94. The molecule has 3 heterocycles. The van der Waals surface area contributed by atoms with Crippen LogP contribution in [0.2, 0.25) is 5.02 Å². The van der Waals surface area contributed by atoms with Crippen LogP contribution in [0.25, 0.3) is 5.82 Å². The Balaban J connectivity index is 1.73. The lowest BCUT2D eigenvalue weighted by atomic mass is 9.97. The Morgan fingerprint density at radius 1 is 1.15 bits per heavy atom. The fraction of sp³-hybridized carbons (Fsp3) is 0.158. The third kappa shape index (κ3) is 2.86. The summed E-state index contributed by atoms with van der Waals surface area (Å²) in [4.78, 5) is 31.0. The molecule has 0 saturated carbocycles. The molecule has 0 spiro atoms. The van der Waals surface area contributed by atoms with Gasteiger partial charge in [0, 0.05) is 23.2 Å². The summed E-state index contributed by atoms with van der Waals surface area (Å²) in [6.07, 6.45) is 1.68. The topological polar surface area (TPSA) is 94.1 Å². The molecule has 2 amide bonds. The van der Waals surface area contributed by atoms with Crippen LogP contribution in [0.15, 0.2) is 48.7 Å². The molecule has 2 N–H and O–H groups in total. The summed E-state index contributed by atoms with van der Waals surface area (Å²) < 4.78 is 1.49. The number of carbonyl (C=O) groups is 2. The molecule has 27 heavy (non-hydrogen) atoms. The first-order chi connectivity index (χ1) is 13.0. The van der Waals surface area contributed by atoms with Crippen LogP contribution in [0.3, 0.4) is 0 Å². The molecule has 4 rings (SSSR count). The van der Waals surface area contributed by atoms with Crippen molar-refractivity contribution in [1.29, 1.82) is 0 Å². The van der Waals surface area contributed by atoms with Crippen molar-refractivity contribution in [2.75, 3.05) is 10.6 Å². The van der Waals surface area contributed by atoms with Crippen molar-refractivity contribution in [2.45, 2.75) is 19.3 Å². The average Bonchev–Trinajstić information content (AvgIpc) is 3.12. The molecule has 3 aromatic rings. The maximum absolute atomic E-state index is 13.0. The predicted octanol–water partition coefficient (Wildman–Crippen LogP) is 2.86. The van der Waals surface area contributed by atoms with Gasteiger partial charge >= 0.3 is 0 Å². The molecule has 7 nitrogen and oxygen atoms in total. The van der Waals surface area contributed by atoms with Crippen LogP contribution in [0, 0.1) is 6.92 Å². The number of aryl methyl sites for hydroxylation is 1. The second-order valence-corrected chi connectivity index (χ2v) is 6.72. The van der Waals surface area contributed by atoms with Gasteiger partial charge in [0.15, 0.2) is 5.82 Å². The lowest BCUT2D eigenvalue weighted by molar-refractivity contribution is -0.121. The molecule has 2 aromatic heterocycles. The largest absolute Gasteiger partial charge is 0.383 e. The summed E-state index contributed by atoms with van der Waals surface area (Å²) in [5, 5.41) is 4.96. The Labute approximate surface area is 160 Å². The Bertz CT molecular complexity index is 1030. The zero-order chi connectivity index (χ0) is 19.1. The highest BCUT2D eigenvalue weighted by Gasteiger charge is 2.43. The Morgan fingerprint density at radius 3 is 2.56 bits per heavy atom. The SMILES string of the molecule is Cc1nn(-c2ccccn2)c(N)c1[C@H]1CC(=O)N(c2ccc(Cl)cc2)C1=O. The number of nitrogens with zero attached hydrogens (tertiary/aromatic N) is 4. The molecule has 136 valence electrons.